The lowest BCUT2D eigenvalue weighted by Crippen LogP contribution is -2.34. The van der Waals surface area contributed by atoms with Gasteiger partial charge in [-0.05, 0) is 12.8 Å². The number of rotatable bonds is 18. The lowest BCUT2D eigenvalue weighted by molar-refractivity contribution is -0.129. The molecule has 0 atom stereocenters. The SMILES string of the molecule is CCCCCCCCCCCCCCCCC=CN(C)C(=O)CNC(C)=O. The Morgan fingerprint density at radius 1 is 0.778 bits per heavy atom. The Labute approximate surface area is 168 Å². The first-order valence-electron chi connectivity index (χ1n) is 11.2. The first-order chi connectivity index (χ1) is 13.1. The van der Waals surface area contributed by atoms with E-state index in [0.717, 1.165) is 6.42 Å². The zero-order valence-electron chi connectivity index (χ0n) is 18.2. The Morgan fingerprint density at radius 3 is 1.67 bits per heavy atom. The summed E-state index contributed by atoms with van der Waals surface area (Å²) in [7, 11) is 1.73. The van der Waals surface area contributed by atoms with Crippen LogP contribution in [0.4, 0.5) is 0 Å². The molecule has 0 aliphatic heterocycles. The number of allylic oxidation sites excluding steroid dienone is 1. The third kappa shape index (κ3) is 19.3. The topological polar surface area (TPSA) is 49.4 Å². The predicted octanol–water partition coefficient (Wildman–Crippen LogP) is 5.97. The maximum absolute atomic E-state index is 11.7. The van der Waals surface area contributed by atoms with E-state index in [9.17, 15) is 9.59 Å². The molecule has 0 spiro atoms. The second-order valence-electron chi connectivity index (χ2n) is 7.68. The number of hydrogen-bond acceptors (Lipinski definition) is 2. The summed E-state index contributed by atoms with van der Waals surface area (Å²) < 4.78 is 0. The van der Waals surface area contributed by atoms with E-state index in [0.29, 0.717) is 0 Å². The number of likely N-dealkylation sites (N-methyl/N-ethyl adjacent to an activating group) is 1. The summed E-state index contributed by atoms with van der Waals surface area (Å²) in [6.45, 7) is 3.75. The van der Waals surface area contributed by atoms with Crippen LogP contribution in [0, 0.1) is 0 Å². The highest BCUT2D eigenvalue weighted by molar-refractivity contribution is 5.84. The molecular formula is C23H44N2O2. The van der Waals surface area contributed by atoms with Gasteiger partial charge >= 0.3 is 0 Å². The minimum atomic E-state index is -0.178. The summed E-state index contributed by atoms with van der Waals surface area (Å²) in [6.07, 6.45) is 24.1. The molecule has 0 fully saturated rings. The Balaban J connectivity index is 3.32. The third-order valence-corrected chi connectivity index (χ3v) is 4.94. The zero-order chi connectivity index (χ0) is 20.2. The van der Waals surface area contributed by atoms with Crippen molar-refractivity contribution >= 4 is 11.8 Å². The maximum Gasteiger partial charge on any atom is 0.245 e. The zero-order valence-corrected chi connectivity index (χ0v) is 18.2. The number of nitrogens with zero attached hydrogens (tertiary/aromatic N) is 1. The summed E-state index contributed by atoms with van der Waals surface area (Å²) in [5, 5.41) is 2.52. The van der Waals surface area contributed by atoms with E-state index in [-0.39, 0.29) is 18.4 Å². The number of unbranched alkanes of at least 4 members (excludes halogenated alkanes) is 14. The first kappa shape index (κ1) is 25.7. The lowest BCUT2D eigenvalue weighted by Gasteiger charge is -2.11. The molecule has 4 nitrogen and oxygen atoms in total. The Kier molecular flexibility index (Phi) is 18.5. The molecule has 0 unspecified atom stereocenters. The van der Waals surface area contributed by atoms with Gasteiger partial charge in [0.05, 0.1) is 6.54 Å². The van der Waals surface area contributed by atoms with Crippen LogP contribution in [-0.2, 0) is 9.59 Å². The number of nitrogens with one attached hydrogen (secondary N) is 1. The molecule has 2 amide bonds. The van der Waals surface area contributed by atoms with E-state index in [1.807, 2.05) is 12.3 Å². The number of carbonyl (C=O) groups excluding carboxylic acids is 2. The van der Waals surface area contributed by atoms with E-state index in [1.54, 1.807) is 11.9 Å². The summed E-state index contributed by atoms with van der Waals surface area (Å²) in [5.41, 5.74) is 0. The van der Waals surface area contributed by atoms with E-state index < -0.39 is 0 Å². The van der Waals surface area contributed by atoms with Crippen molar-refractivity contribution in [3.05, 3.63) is 12.3 Å². The number of amides is 2. The van der Waals surface area contributed by atoms with Gasteiger partial charge in [0.15, 0.2) is 0 Å². The van der Waals surface area contributed by atoms with Gasteiger partial charge < -0.3 is 10.2 Å². The van der Waals surface area contributed by atoms with Gasteiger partial charge in [-0.15, -0.1) is 0 Å². The fourth-order valence-corrected chi connectivity index (χ4v) is 3.10. The van der Waals surface area contributed by atoms with E-state index in [1.165, 1.54) is 96.8 Å². The minimum absolute atomic E-state index is 0.0645. The van der Waals surface area contributed by atoms with Crippen LogP contribution in [0.25, 0.3) is 0 Å². The van der Waals surface area contributed by atoms with Gasteiger partial charge in [0.2, 0.25) is 11.8 Å². The van der Waals surface area contributed by atoms with Crippen molar-refractivity contribution in [2.24, 2.45) is 0 Å². The maximum atomic E-state index is 11.7. The van der Waals surface area contributed by atoms with Crippen molar-refractivity contribution in [1.29, 1.82) is 0 Å². The van der Waals surface area contributed by atoms with E-state index in [2.05, 4.69) is 12.2 Å². The van der Waals surface area contributed by atoms with Gasteiger partial charge in [0.1, 0.15) is 0 Å². The largest absolute Gasteiger partial charge is 0.347 e. The van der Waals surface area contributed by atoms with Gasteiger partial charge in [-0.25, -0.2) is 0 Å². The molecule has 0 heterocycles. The average molecular weight is 381 g/mol. The van der Waals surface area contributed by atoms with Crippen molar-refractivity contribution in [2.45, 2.75) is 110 Å². The Hall–Kier alpha value is -1.32. The van der Waals surface area contributed by atoms with E-state index in [4.69, 9.17) is 0 Å². The molecule has 0 aliphatic carbocycles. The molecule has 0 aromatic carbocycles. The first-order valence-corrected chi connectivity index (χ1v) is 11.2. The highest BCUT2D eigenvalue weighted by atomic mass is 16.2. The molecule has 158 valence electrons. The van der Waals surface area contributed by atoms with Crippen LogP contribution >= 0.6 is 0 Å². The summed E-state index contributed by atoms with van der Waals surface area (Å²) in [4.78, 5) is 24.0. The van der Waals surface area contributed by atoms with Gasteiger partial charge in [-0.2, -0.15) is 0 Å². The van der Waals surface area contributed by atoms with Crippen LogP contribution < -0.4 is 5.32 Å². The van der Waals surface area contributed by atoms with Crippen LogP contribution in [0.1, 0.15) is 110 Å². The predicted molar refractivity (Wildman–Crippen MR) is 116 cm³/mol. The average Bonchev–Trinajstić information content (AvgIpc) is 2.65. The number of hydrogen-bond donors (Lipinski definition) is 1. The Bertz CT molecular complexity index is 394. The molecule has 0 rings (SSSR count). The smallest absolute Gasteiger partial charge is 0.245 e. The highest BCUT2D eigenvalue weighted by Gasteiger charge is 2.05. The molecule has 1 N–H and O–H groups in total. The van der Waals surface area contributed by atoms with Crippen LogP contribution in [0.3, 0.4) is 0 Å². The van der Waals surface area contributed by atoms with E-state index >= 15 is 0 Å². The highest BCUT2D eigenvalue weighted by Crippen LogP contribution is 2.13. The van der Waals surface area contributed by atoms with Crippen molar-refractivity contribution in [2.75, 3.05) is 13.6 Å². The van der Waals surface area contributed by atoms with Gasteiger partial charge in [0, 0.05) is 20.2 Å². The Morgan fingerprint density at radius 2 is 1.22 bits per heavy atom. The molecule has 27 heavy (non-hydrogen) atoms. The fraction of sp³-hybridized carbons (Fsp3) is 0.826. The molecule has 0 radical (unpaired) electrons. The van der Waals surface area contributed by atoms with Gasteiger partial charge in [-0.3, -0.25) is 9.59 Å². The van der Waals surface area contributed by atoms with Crippen molar-refractivity contribution in [3.63, 3.8) is 0 Å². The lowest BCUT2D eigenvalue weighted by atomic mass is 10.0. The summed E-state index contributed by atoms with van der Waals surface area (Å²) >= 11 is 0. The molecule has 4 heteroatoms. The molecule has 0 aliphatic rings. The van der Waals surface area contributed by atoms with Crippen molar-refractivity contribution < 1.29 is 9.59 Å². The normalized spacial score (nSPS) is 11.1. The monoisotopic (exact) mass is 380 g/mol. The fourth-order valence-electron chi connectivity index (χ4n) is 3.10. The van der Waals surface area contributed by atoms with Crippen molar-refractivity contribution in [1.82, 2.24) is 10.2 Å². The van der Waals surface area contributed by atoms with Crippen molar-refractivity contribution in [3.8, 4) is 0 Å². The molecular weight excluding hydrogens is 336 g/mol. The third-order valence-electron chi connectivity index (χ3n) is 4.94. The van der Waals surface area contributed by atoms with Crippen LogP contribution in [-0.4, -0.2) is 30.3 Å². The quantitative estimate of drug-likeness (QED) is 0.298. The second kappa shape index (κ2) is 19.4. The molecule has 0 saturated heterocycles. The van der Waals surface area contributed by atoms with Gasteiger partial charge in [0.25, 0.3) is 0 Å². The molecule has 0 saturated carbocycles. The molecule has 0 aromatic rings. The van der Waals surface area contributed by atoms with Crippen LogP contribution in [0.2, 0.25) is 0 Å². The second-order valence-corrected chi connectivity index (χ2v) is 7.68. The summed E-state index contributed by atoms with van der Waals surface area (Å²) in [6, 6.07) is 0. The molecule has 0 bridgehead atoms. The summed E-state index contributed by atoms with van der Waals surface area (Å²) in [5.74, 6) is -0.273. The number of carbonyl (C=O) groups is 2. The minimum Gasteiger partial charge on any atom is -0.347 e. The standard InChI is InChI=1S/C23H44N2O2/c1-4-5-6-7-8-9-10-11-12-13-14-15-16-17-18-19-20-25(3)23(27)21-24-22(2)26/h19-20H,4-18,21H2,1-3H3,(H,24,26). The van der Waals surface area contributed by atoms with Crippen LogP contribution in [0.5, 0.6) is 0 Å². The van der Waals surface area contributed by atoms with Crippen LogP contribution in [0.15, 0.2) is 12.3 Å². The molecule has 0 aromatic heterocycles. The van der Waals surface area contributed by atoms with Gasteiger partial charge in [-0.1, -0.05) is 96.5 Å².